The first-order chi connectivity index (χ1) is 16.2. The molecule has 0 saturated carbocycles. The Bertz CT molecular complexity index is 1250. The minimum Gasteiger partial charge on any atom is -0.507 e. The first kappa shape index (κ1) is 25.3. The zero-order valence-corrected chi connectivity index (χ0v) is 20.4. The highest BCUT2D eigenvalue weighted by Gasteiger charge is 2.28. The Kier molecular flexibility index (Phi) is 7.96. The van der Waals surface area contributed by atoms with Gasteiger partial charge in [-0.3, -0.25) is 4.79 Å². The number of amides is 1. The number of methoxy groups -OCH3 is 3. The molecule has 3 aromatic rings. The van der Waals surface area contributed by atoms with Crippen LogP contribution in [0.3, 0.4) is 0 Å². The molecule has 34 heavy (non-hydrogen) atoms. The lowest BCUT2D eigenvalue weighted by Gasteiger charge is -2.21. The van der Waals surface area contributed by atoms with Crippen molar-refractivity contribution in [2.75, 3.05) is 26.6 Å². The van der Waals surface area contributed by atoms with Gasteiger partial charge in [-0.25, -0.2) is 4.79 Å². The molecule has 0 radical (unpaired) electrons. The lowest BCUT2D eigenvalue weighted by atomic mass is 9.88. The fourth-order valence-electron chi connectivity index (χ4n) is 3.59. The van der Waals surface area contributed by atoms with Gasteiger partial charge in [0.25, 0.3) is 0 Å². The van der Waals surface area contributed by atoms with E-state index in [1.807, 2.05) is 0 Å². The molecule has 0 aliphatic heterocycles. The van der Waals surface area contributed by atoms with Crippen molar-refractivity contribution in [2.24, 2.45) is 0 Å². The molecule has 0 fully saturated rings. The van der Waals surface area contributed by atoms with Crippen LogP contribution in [0.2, 0.25) is 10.0 Å². The molecular formula is C24H23Cl2NO7. The lowest BCUT2D eigenvalue weighted by molar-refractivity contribution is -0.116. The molecule has 180 valence electrons. The Balaban J connectivity index is 2.09. The normalized spacial score (nSPS) is 11.6. The number of benzene rings is 2. The van der Waals surface area contributed by atoms with Crippen LogP contribution >= 0.6 is 23.2 Å². The quantitative estimate of drug-likeness (QED) is 0.434. The third-order valence-corrected chi connectivity index (χ3v) is 5.86. The van der Waals surface area contributed by atoms with E-state index in [4.69, 9.17) is 41.8 Å². The second kappa shape index (κ2) is 10.7. The van der Waals surface area contributed by atoms with Gasteiger partial charge < -0.3 is 29.1 Å². The Morgan fingerprint density at radius 3 is 2.21 bits per heavy atom. The van der Waals surface area contributed by atoms with Crippen molar-refractivity contribution < 1.29 is 28.5 Å². The number of aryl methyl sites for hydroxylation is 1. The highest BCUT2D eigenvalue weighted by Crippen LogP contribution is 2.43. The summed E-state index contributed by atoms with van der Waals surface area (Å²) >= 11 is 12.0. The number of rotatable bonds is 8. The van der Waals surface area contributed by atoms with Crippen LogP contribution in [-0.4, -0.2) is 32.3 Å². The molecule has 1 atom stereocenters. The van der Waals surface area contributed by atoms with Crippen molar-refractivity contribution in [1.82, 2.24) is 0 Å². The van der Waals surface area contributed by atoms with Crippen molar-refractivity contribution in [2.45, 2.75) is 19.3 Å². The molecule has 1 unspecified atom stereocenters. The highest BCUT2D eigenvalue weighted by molar-refractivity contribution is 6.42. The number of hydrogen-bond donors (Lipinski definition) is 2. The summed E-state index contributed by atoms with van der Waals surface area (Å²) < 4.78 is 21.4. The predicted octanol–water partition coefficient (Wildman–Crippen LogP) is 5.15. The van der Waals surface area contributed by atoms with Gasteiger partial charge >= 0.3 is 5.63 Å². The summed E-state index contributed by atoms with van der Waals surface area (Å²) in [5.74, 6) is -0.437. The molecule has 0 aliphatic carbocycles. The summed E-state index contributed by atoms with van der Waals surface area (Å²) in [4.78, 5) is 25.8. The van der Waals surface area contributed by atoms with Crippen molar-refractivity contribution in [3.05, 3.63) is 73.8 Å². The molecule has 1 heterocycles. The molecule has 10 heteroatoms. The molecule has 2 aromatic carbocycles. The number of anilines is 1. The van der Waals surface area contributed by atoms with Gasteiger partial charge in [0, 0.05) is 24.1 Å². The average Bonchev–Trinajstić information content (AvgIpc) is 2.79. The van der Waals surface area contributed by atoms with Gasteiger partial charge in [-0.2, -0.15) is 0 Å². The van der Waals surface area contributed by atoms with E-state index in [-0.39, 0.29) is 28.5 Å². The molecule has 3 rings (SSSR count). The summed E-state index contributed by atoms with van der Waals surface area (Å²) in [7, 11) is 4.36. The molecule has 1 amide bonds. The summed E-state index contributed by atoms with van der Waals surface area (Å²) in [5.41, 5.74) is 0.0381. The van der Waals surface area contributed by atoms with Crippen LogP contribution in [0.5, 0.6) is 23.0 Å². The van der Waals surface area contributed by atoms with Crippen molar-refractivity contribution in [1.29, 1.82) is 0 Å². The number of carbonyl (C=O) groups is 1. The Hall–Kier alpha value is -3.36. The zero-order valence-electron chi connectivity index (χ0n) is 18.9. The number of nitrogens with one attached hydrogen (secondary N) is 1. The largest absolute Gasteiger partial charge is 0.507 e. The van der Waals surface area contributed by atoms with Gasteiger partial charge in [0.1, 0.15) is 11.5 Å². The number of carbonyl (C=O) groups excluding carboxylic acids is 1. The van der Waals surface area contributed by atoms with E-state index in [2.05, 4.69) is 5.32 Å². The van der Waals surface area contributed by atoms with Gasteiger partial charge in [-0.15, -0.1) is 0 Å². The van der Waals surface area contributed by atoms with Gasteiger partial charge in [-0.05, 0) is 42.8 Å². The molecular weight excluding hydrogens is 485 g/mol. The van der Waals surface area contributed by atoms with Gasteiger partial charge in [0.15, 0.2) is 11.5 Å². The number of hydrogen-bond acceptors (Lipinski definition) is 7. The number of aromatic hydroxyl groups is 1. The summed E-state index contributed by atoms with van der Waals surface area (Å²) in [6.07, 6.45) is -0.222. The van der Waals surface area contributed by atoms with Crippen LogP contribution in [0.15, 0.2) is 45.6 Å². The van der Waals surface area contributed by atoms with E-state index in [1.54, 1.807) is 24.3 Å². The molecule has 0 saturated heterocycles. The van der Waals surface area contributed by atoms with Crippen molar-refractivity contribution in [3.63, 3.8) is 0 Å². The highest BCUT2D eigenvalue weighted by atomic mass is 35.5. The minimum atomic E-state index is -0.909. The topological polar surface area (TPSA) is 107 Å². The fourth-order valence-corrected chi connectivity index (χ4v) is 3.88. The van der Waals surface area contributed by atoms with E-state index in [1.165, 1.54) is 40.4 Å². The summed E-state index contributed by atoms with van der Waals surface area (Å²) in [6, 6.07) is 9.19. The maximum Gasteiger partial charge on any atom is 0.343 e. The van der Waals surface area contributed by atoms with Gasteiger partial charge in [0.2, 0.25) is 11.7 Å². The van der Waals surface area contributed by atoms with E-state index in [0.29, 0.717) is 33.5 Å². The Labute approximate surface area is 206 Å². The van der Waals surface area contributed by atoms with E-state index in [0.717, 1.165) is 0 Å². The maximum atomic E-state index is 13.0. The Morgan fingerprint density at radius 1 is 1.03 bits per heavy atom. The third kappa shape index (κ3) is 5.40. The lowest BCUT2D eigenvalue weighted by Crippen LogP contribution is -2.21. The maximum absolute atomic E-state index is 13.0. The second-order valence-electron chi connectivity index (χ2n) is 7.34. The number of halogens is 2. The van der Waals surface area contributed by atoms with Crippen molar-refractivity contribution >= 4 is 34.8 Å². The monoisotopic (exact) mass is 507 g/mol. The molecule has 2 N–H and O–H groups in total. The first-order valence-electron chi connectivity index (χ1n) is 10.1. The molecule has 0 aliphatic rings. The van der Waals surface area contributed by atoms with Crippen LogP contribution < -0.4 is 25.2 Å². The van der Waals surface area contributed by atoms with Crippen LogP contribution in [0.4, 0.5) is 5.69 Å². The van der Waals surface area contributed by atoms with Gasteiger partial charge in [0.05, 0.1) is 36.9 Å². The molecule has 0 bridgehead atoms. The summed E-state index contributed by atoms with van der Waals surface area (Å²) in [5, 5.41) is 14.0. The summed E-state index contributed by atoms with van der Waals surface area (Å²) in [6.45, 7) is 1.54. The zero-order chi connectivity index (χ0) is 25.0. The Morgan fingerprint density at radius 2 is 1.68 bits per heavy atom. The minimum absolute atomic E-state index is 0.0795. The van der Waals surface area contributed by atoms with Crippen molar-refractivity contribution in [3.8, 4) is 23.0 Å². The van der Waals surface area contributed by atoms with Gasteiger partial charge in [-0.1, -0.05) is 23.2 Å². The average molecular weight is 508 g/mol. The van der Waals surface area contributed by atoms with E-state index in [9.17, 15) is 14.7 Å². The van der Waals surface area contributed by atoms with Crippen LogP contribution in [0, 0.1) is 6.92 Å². The van der Waals surface area contributed by atoms with Crippen LogP contribution in [0.1, 0.15) is 29.2 Å². The molecule has 8 nitrogen and oxygen atoms in total. The number of ether oxygens (including phenoxy) is 3. The fraction of sp³-hybridized carbons (Fsp3) is 0.250. The third-order valence-electron chi connectivity index (χ3n) is 5.12. The van der Waals surface area contributed by atoms with Crippen LogP contribution in [-0.2, 0) is 4.79 Å². The first-order valence-corrected chi connectivity index (χ1v) is 10.8. The standard InChI is InChI=1S/C24H23Cl2NO7/c1-12-7-18(28)22(24(30)34-12)15(11-21(29)27-14-5-6-16(25)17(26)10-14)13-8-19(31-2)23(33-4)20(9-13)32-3/h5-10,15,28H,11H2,1-4H3,(H,27,29). The van der Waals surface area contributed by atoms with E-state index < -0.39 is 17.5 Å². The molecule has 0 spiro atoms. The van der Waals surface area contributed by atoms with E-state index >= 15 is 0 Å². The molecule has 1 aromatic heterocycles. The predicted molar refractivity (Wildman–Crippen MR) is 129 cm³/mol. The smallest absolute Gasteiger partial charge is 0.343 e. The van der Waals surface area contributed by atoms with Crippen LogP contribution in [0.25, 0.3) is 0 Å². The SMILES string of the molecule is COc1cc(C(CC(=O)Nc2ccc(Cl)c(Cl)c2)c2c(O)cc(C)oc2=O)cc(OC)c1OC. The second-order valence-corrected chi connectivity index (χ2v) is 8.15.